The van der Waals surface area contributed by atoms with Crippen molar-refractivity contribution in [3.63, 3.8) is 0 Å². The first kappa shape index (κ1) is 14.4. The van der Waals surface area contributed by atoms with Crippen LogP contribution in [0.5, 0.6) is 0 Å². The molecule has 0 aromatic carbocycles. The van der Waals surface area contributed by atoms with E-state index in [1.807, 2.05) is 29.4 Å². The van der Waals surface area contributed by atoms with Crippen LogP contribution in [0.25, 0.3) is 0 Å². The van der Waals surface area contributed by atoms with Gasteiger partial charge in [0.05, 0.1) is 12.5 Å². The summed E-state index contributed by atoms with van der Waals surface area (Å²) in [6.07, 6.45) is 4.62. The lowest BCUT2D eigenvalue weighted by atomic mass is 10.1. The van der Waals surface area contributed by atoms with Crippen LogP contribution in [0.15, 0.2) is 41.4 Å². The number of hydrogen-bond donors (Lipinski definition) is 0. The van der Waals surface area contributed by atoms with Crippen molar-refractivity contribution in [2.24, 2.45) is 0 Å². The van der Waals surface area contributed by atoms with Crippen molar-refractivity contribution in [3.05, 3.63) is 46.9 Å². The standard InChI is InChI=1S/C16H21N3OS/c1-17-7-9-19(10-8-17)16(20)12-15(14-4-11-21-13-14)18-5-2-3-6-18/h2-6,11,13,15H,7-10,12H2,1H3. The second-order valence-electron chi connectivity index (χ2n) is 5.59. The maximum Gasteiger partial charge on any atom is 0.225 e. The van der Waals surface area contributed by atoms with E-state index in [9.17, 15) is 4.79 Å². The monoisotopic (exact) mass is 303 g/mol. The molecular formula is C16H21N3OS. The Morgan fingerprint density at radius 1 is 1.24 bits per heavy atom. The predicted octanol–water partition coefficient (Wildman–Crippen LogP) is 2.30. The van der Waals surface area contributed by atoms with Gasteiger partial charge >= 0.3 is 0 Å². The zero-order valence-corrected chi connectivity index (χ0v) is 13.1. The molecule has 2 aromatic heterocycles. The van der Waals surface area contributed by atoms with Crippen LogP contribution >= 0.6 is 11.3 Å². The van der Waals surface area contributed by atoms with E-state index in [1.54, 1.807) is 11.3 Å². The molecule has 0 saturated carbocycles. The van der Waals surface area contributed by atoms with Gasteiger partial charge in [-0.15, -0.1) is 0 Å². The molecule has 0 bridgehead atoms. The van der Waals surface area contributed by atoms with Gasteiger partial charge in [-0.2, -0.15) is 11.3 Å². The Bertz CT molecular complexity index is 522. The molecule has 1 aliphatic heterocycles. The summed E-state index contributed by atoms with van der Waals surface area (Å²) in [4.78, 5) is 16.9. The van der Waals surface area contributed by atoms with Gasteiger partial charge in [-0.25, -0.2) is 0 Å². The van der Waals surface area contributed by atoms with Crippen molar-refractivity contribution >= 4 is 17.2 Å². The molecule has 5 heteroatoms. The number of carbonyl (C=O) groups excluding carboxylic acids is 1. The third-order valence-electron chi connectivity index (χ3n) is 4.14. The minimum Gasteiger partial charge on any atom is -0.346 e. The van der Waals surface area contributed by atoms with Crippen LogP contribution in [-0.4, -0.2) is 53.5 Å². The Hall–Kier alpha value is -1.59. The molecule has 1 aliphatic rings. The zero-order chi connectivity index (χ0) is 14.7. The molecule has 3 rings (SSSR count). The Labute approximate surface area is 129 Å². The van der Waals surface area contributed by atoms with Gasteiger partial charge in [0, 0.05) is 38.6 Å². The molecule has 0 spiro atoms. The molecule has 4 nitrogen and oxygen atoms in total. The largest absolute Gasteiger partial charge is 0.346 e. The fourth-order valence-electron chi connectivity index (χ4n) is 2.77. The SMILES string of the molecule is CN1CCN(C(=O)CC(c2ccsc2)n2cccc2)CC1. The van der Waals surface area contributed by atoms with Crippen molar-refractivity contribution in [1.82, 2.24) is 14.4 Å². The third-order valence-corrected chi connectivity index (χ3v) is 4.84. The average molecular weight is 303 g/mol. The minimum atomic E-state index is 0.110. The van der Waals surface area contributed by atoms with Crippen LogP contribution in [0, 0.1) is 0 Å². The first-order valence-electron chi connectivity index (χ1n) is 7.35. The van der Waals surface area contributed by atoms with Gasteiger partial charge in [-0.05, 0) is 41.6 Å². The summed E-state index contributed by atoms with van der Waals surface area (Å²) < 4.78 is 2.13. The van der Waals surface area contributed by atoms with Crippen molar-refractivity contribution in [2.75, 3.05) is 33.2 Å². The summed E-state index contributed by atoms with van der Waals surface area (Å²) in [5, 5.41) is 4.22. The summed E-state index contributed by atoms with van der Waals surface area (Å²) in [7, 11) is 2.11. The van der Waals surface area contributed by atoms with Crippen LogP contribution in [0.3, 0.4) is 0 Å². The molecule has 0 N–H and O–H groups in total. The Morgan fingerprint density at radius 2 is 1.95 bits per heavy atom. The lowest BCUT2D eigenvalue weighted by Crippen LogP contribution is -2.47. The van der Waals surface area contributed by atoms with Crippen LogP contribution in [0.2, 0.25) is 0 Å². The maximum atomic E-state index is 12.6. The van der Waals surface area contributed by atoms with Crippen molar-refractivity contribution in [1.29, 1.82) is 0 Å². The first-order chi connectivity index (χ1) is 10.2. The smallest absolute Gasteiger partial charge is 0.225 e. The van der Waals surface area contributed by atoms with E-state index in [2.05, 4.69) is 33.3 Å². The average Bonchev–Trinajstić information content (AvgIpc) is 3.19. The van der Waals surface area contributed by atoms with E-state index in [0.717, 1.165) is 26.2 Å². The molecule has 112 valence electrons. The van der Waals surface area contributed by atoms with Gasteiger partial charge < -0.3 is 14.4 Å². The molecule has 0 aliphatic carbocycles. The van der Waals surface area contributed by atoms with Gasteiger partial charge in [-0.3, -0.25) is 4.79 Å². The lowest BCUT2D eigenvalue weighted by Gasteiger charge is -2.33. The number of carbonyl (C=O) groups is 1. The van der Waals surface area contributed by atoms with E-state index in [4.69, 9.17) is 0 Å². The molecule has 1 unspecified atom stereocenters. The predicted molar refractivity (Wildman–Crippen MR) is 85.6 cm³/mol. The number of aromatic nitrogens is 1. The quantitative estimate of drug-likeness (QED) is 0.867. The third kappa shape index (κ3) is 3.36. The molecule has 3 heterocycles. The van der Waals surface area contributed by atoms with Gasteiger partial charge in [0.15, 0.2) is 0 Å². The molecule has 21 heavy (non-hydrogen) atoms. The molecule has 1 saturated heterocycles. The fraction of sp³-hybridized carbons (Fsp3) is 0.438. The highest BCUT2D eigenvalue weighted by Gasteiger charge is 2.24. The summed E-state index contributed by atoms with van der Waals surface area (Å²) in [5.74, 6) is 0.257. The summed E-state index contributed by atoms with van der Waals surface area (Å²) in [5.41, 5.74) is 1.22. The number of likely N-dealkylation sites (N-methyl/N-ethyl adjacent to an activating group) is 1. The Balaban J connectivity index is 1.72. The molecular weight excluding hydrogens is 282 g/mol. The lowest BCUT2D eigenvalue weighted by molar-refractivity contribution is -0.133. The van der Waals surface area contributed by atoms with Gasteiger partial charge in [-0.1, -0.05) is 0 Å². The summed E-state index contributed by atoms with van der Waals surface area (Å²) >= 11 is 1.68. The summed E-state index contributed by atoms with van der Waals surface area (Å²) in [6.45, 7) is 3.63. The van der Waals surface area contributed by atoms with Crippen LogP contribution in [0.4, 0.5) is 0 Å². The van der Waals surface area contributed by atoms with Gasteiger partial charge in [0.1, 0.15) is 0 Å². The van der Waals surface area contributed by atoms with Gasteiger partial charge in [0.2, 0.25) is 5.91 Å². The number of piperazine rings is 1. The van der Waals surface area contributed by atoms with E-state index < -0.39 is 0 Å². The number of nitrogens with zero attached hydrogens (tertiary/aromatic N) is 3. The topological polar surface area (TPSA) is 28.5 Å². The highest BCUT2D eigenvalue weighted by Crippen LogP contribution is 2.25. The molecule has 1 amide bonds. The van der Waals surface area contributed by atoms with Crippen molar-refractivity contribution in [2.45, 2.75) is 12.5 Å². The highest BCUT2D eigenvalue weighted by atomic mass is 32.1. The Kier molecular flexibility index (Phi) is 4.41. The molecule has 1 fully saturated rings. The van der Waals surface area contributed by atoms with E-state index in [1.165, 1.54) is 5.56 Å². The molecule has 0 radical (unpaired) electrons. The normalized spacial score (nSPS) is 17.9. The van der Waals surface area contributed by atoms with Crippen molar-refractivity contribution in [3.8, 4) is 0 Å². The van der Waals surface area contributed by atoms with Gasteiger partial charge in [0.25, 0.3) is 0 Å². The highest BCUT2D eigenvalue weighted by molar-refractivity contribution is 7.07. The van der Waals surface area contributed by atoms with E-state index in [0.29, 0.717) is 6.42 Å². The van der Waals surface area contributed by atoms with Crippen LogP contribution < -0.4 is 0 Å². The maximum absolute atomic E-state index is 12.6. The zero-order valence-electron chi connectivity index (χ0n) is 12.3. The first-order valence-corrected chi connectivity index (χ1v) is 8.29. The second kappa shape index (κ2) is 6.45. The molecule has 1 atom stereocenters. The number of hydrogen-bond acceptors (Lipinski definition) is 3. The number of rotatable bonds is 4. The fourth-order valence-corrected chi connectivity index (χ4v) is 3.47. The van der Waals surface area contributed by atoms with Crippen LogP contribution in [0.1, 0.15) is 18.0 Å². The molecule has 2 aromatic rings. The van der Waals surface area contributed by atoms with Crippen molar-refractivity contribution < 1.29 is 4.79 Å². The van der Waals surface area contributed by atoms with Crippen LogP contribution in [-0.2, 0) is 4.79 Å². The second-order valence-corrected chi connectivity index (χ2v) is 6.37. The number of amides is 1. The van der Waals surface area contributed by atoms with E-state index >= 15 is 0 Å². The minimum absolute atomic E-state index is 0.110. The summed E-state index contributed by atoms with van der Waals surface area (Å²) in [6, 6.07) is 6.25. The van der Waals surface area contributed by atoms with E-state index in [-0.39, 0.29) is 11.9 Å². The number of thiophene rings is 1. The Morgan fingerprint density at radius 3 is 2.57 bits per heavy atom.